The molecular formula is C19H17BrN2O3S. The first-order chi connectivity index (χ1) is 12.4. The molecule has 1 N–H and O–H groups in total. The maximum atomic E-state index is 12.6. The predicted molar refractivity (Wildman–Crippen MR) is 106 cm³/mol. The lowest BCUT2D eigenvalue weighted by Gasteiger charge is -2.13. The Morgan fingerprint density at radius 2 is 1.92 bits per heavy atom. The number of carboxylic acids is 1. The van der Waals surface area contributed by atoms with E-state index in [9.17, 15) is 14.7 Å². The summed E-state index contributed by atoms with van der Waals surface area (Å²) in [5.41, 5.74) is 2.27. The molecule has 0 saturated heterocycles. The van der Waals surface area contributed by atoms with Crippen LogP contribution in [-0.4, -0.2) is 21.6 Å². The normalized spacial score (nSPS) is 13.1. The molecule has 0 spiro atoms. The number of aryl methyl sites for hydroxylation is 1. The molecule has 26 heavy (non-hydrogen) atoms. The van der Waals surface area contributed by atoms with Gasteiger partial charge in [0.25, 0.3) is 5.91 Å². The van der Waals surface area contributed by atoms with E-state index in [-0.39, 0.29) is 5.91 Å². The van der Waals surface area contributed by atoms with Gasteiger partial charge >= 0.3 is 5.97 Å². The van der Waals surface area contributed by atoms with Crippen LogP contribution in [0.5, 0.6) is 0 Å². The smallest absolute Gasteiger partial charge is 0.326 e. The van der Waals surface area contributed by atoms with Gasteiger partial charge in [0.2, 0.25) is 0 Å². The van der Waals surface area contributed by atoms with Crippen LogP contribution in [0.25, 0.3) is 10.2 Å². The van der Waals surface area contributed by atoms with Crippen LogP contribution in [0.4, 0.5) is 0 Å². The molecule has 0 aliphatic carbocycles. The third-order valence-electron chi connectivity index (χ3n) is 4.08. The minimum Gasteiger partial charge on any atom is -0.480 e. The number of halogens is 1. The molecule has 5 nitrogen and oxygen atoms in total. The molecule has 0 radical (unpaired) electrons. The summed E-state index contributed by atoms with van der Waals surface area (Å²) in [6.07, 6.45) is 0.388. The second-order valence-corrected chi connectivity index (χ2v) is 7.72. The first-order valence-corrected chi connectivity index (χ1v) is 9.71. The fourth-order valence-corrected chi connectivity index (χ4v) is 4.39. The maximum absolute atomic E-state index is 12.6. The molecule has 1 atom stereocenters. The van der Waals surface area contributed by atoms with Gasteiger partial charge in [0.15, 0.2) is 4.80 Å². The SMILES string of the molecule is CCC(C(=O)O)n1c(=NC(=O)c2ccc(C)cc2)sc2c(Br)cccc21. The minimum atomic E-state index is -0.948. The van der Waals surface area contributed by atoms with Crippen LogP contribution in [0.3, 0.4) is 0 Å². The van der Waals surface area contributed by atoms with Crippen molar-refractivity contribution in [1.29, 1.82) is 0 Å². The number of aromatic nitrogens is 1. The fourth-order valence-electron chi connectivity index (χ4n) is 2.72. The number of hydrogen-bond donors (Lipinski definition) is 1. The first kappa shape index (κ1) is 18.5. The Balaban J connectivity index is 2.24. The molecule has 1 amide bonds. The highest BCUT2D eigenvalue weighted by Crippen LogP contribution is 2.29. The topological polar surface area (TPSA) is 71.7 Å². The van der Waals surface area contributed by atoms with Crippen LogP contribution in [-0.2, 0) is 4.79 Å². The molecular weight excluding hydrogens is 416 g/mol. The Bertz CT molecular complexity index is 1050. The van der Waals surface area contributed by atoms with Crippen LogP contribution >= 0.6 is 27.3 Å². The summed E-state index contributed by atoms with van der Waals surface area (Å²) in [6.45, 7) is 3.75. The molecule has 1 heterocycles. The third-order valence-corrected chi connectivity index (χ3v) is 6.11. The molecule has 134 valence electrons. The van der Waals surface area contributed by atoms with Crippen LogP contribution < -0.4 is 4.80 Å². The second-order valence-electron chi connectivity index (χ2n) is 5.89. The molecule has 3 aromatic rings. The van der Waals surface area contributed by atoms with Crippen molar-refractivity contribution in [2.45, 2.75) is 26.3 Å². The lowest BCUT2D eigenvalue weighted by Crippen LogP contribution is -2.27. The summed E-state index contributed by atoms with van der Waals surface area (Å²) >= 11 is 4.80. The number of thiazole rings is 1. The Kier molecular flexibility index (Phi) is 5.38. The molecule has 1 unspecified atom stereocenters. The number of hydrogen-bond acceptors (Lipinski definition) is 3. The second kappa shape index (κ2) is 7.55. The maximum Gasteiger partial charge on any atom is 0.326 e. The monoisotopic (exact) mass is 432 g/mol. The largest absolute Gasteiger partial charge is 0.480 e. The predicted octanol–water partition coefficient (Wildman–Crippen LogP) is 4.55. The van der Waals surface area contributed by atoms with E-state index in [0.29, 0.717) is 16.8 Å². The number of amides is 1. The zero-order valence-corrected chi connectivity index (χ0v) is 16.7. The average molecular weight is 433 g/mol. The van der Waals surface area contributed by atoms with Gasteiger partial charge < -0.3 is 9.67 Å². The molecule has 0 bridgehead atoms. The highest BCUT2D eigenvalue weighted by Gasteiger charge is 2.22. The fraction of sp³-hybridized carbons (Fsp3) is 0.211. The average Bonchev–Trinajstić information content (AvgIpc) is 2.95. The van der Waals surface area contributed by atoms with E-state index in [1.54, 1.807) is 23.6 Å². The standard InChI is InChI=1S/C19H17BrN2O3S/c1-3-14(18(24)25)22-15-6-4-5-13(20)16(15)26-19(22)21-17(23)12-9-7-11(2)8-10-12/h4-10,14H,3H2,1-2H3,(H,24,25). The van der Waals surface area contributed by atoms with E-state index < -0.39 is 12.0 Å². The van der Waals surface area contributed by atoms with Crippen molar-refractivity contribution in [1.82, 2.24) is 4.57 Å². The van der Waals surface area contributed by atoms with Crippen molar-refractivity contribution in [3.8, 4) is 0 Å². The summed E-state index contributed by atoms with van der Waals surface area (Å²) in [6, 6.07) is 11.9. The van der Waals surface area contributed by atoms with Crippen molar-refractivity contribution >= 4 is 49.4 Å². The van der Waals surface area contributed by atoms with E-state index in [1.807, 2.05) is 37.3 Å². The van der Waals surface area contributed by atoms with Gasteiger partial charge in [-0.25, -0.2) is 4.79 Å². The van der Waals surface area contributed by atoms with Crippen LogP contribution in [0.1, 0.15) is 35.3 Å². The Hall–Kier alpha value is -2.25. The summed E-state index contributed by atoms with van der Waals surface area (Å²) in [4.78, 5) is 29.0. The van der Waals surface area contributed by atoms with Crippen LogP contribution in [0.2, 0.25) is 0 Å². The van der Waals surface area contributed by atoms with E-state index in [1.165, 1.54) is 11.3 Å². The number of aliphatic carboxylic acids is 1. The molecule has 0 aliphatic rings. The zero-order chi connectivity index (χ0) is 18.8. The number of carbonyl (C=O) groups is 2. The minimum absolute atomic E-state index is 0.381. The molecule has 2 aromatic carbocycles. The Morgan fingerprint density at radius 3 is 2.54 bits per heavy atom. The quantitative estimate of drug-likeness (QED) is 0.656. The Morgan fingerprint density at radius 1 is 1.23 bits per heavy atom. The molecule has 1 aromatic heterocycles. The number of benzene rings is 2. The van der Waals surface area contributed by atoms with Gasteiger partial charge in [0.1, 0.15) is 6.04 Å². The molecule has 0 saturated carbocycles. The van der Waals surface area contributed by atoms with Gasteiger partial charge in [-0.05, 0) is 53.5 Å². The van der Waals surface area contributed by atoms with Gasteiger partial charge in [-0.2, -0.15) is 4.99 Å². The summed E-state index contributed by atoms with van der Waals surface area (Å²) in [5.74, 6) is -1.34. The van der Waals surface area contributed by atoms with E-state index in [0.717, 1.165) is 20.3 Å². The number of carbonyl (C=O) groups excluding carboxylic acids is 1. The van der Waals surface area contributed by atoms with Crippen molar-refractivity contribution in [3.63, 3.8) is 0 Å². The van der Waals surface area contributed by atoms with Crippen molar-refractivity contribution in [2.24, 2.45) is 4.99 Å². The number of fused-ring (bicyclic) bond motifs is 1. The summed E-state index contributed by atoms with van der Waals surface area (Å²) < 4.78 is 3.35. The highest BCUT2D eigenvalue weighted by atomic mass is 79.9. The lowest BCUT2D eigenvalue weighted by molar-refractivity contribution is -0.140. The summed E-state index contributed by atoms with van der Waals surface area (Å²) in [7, 11) is 0. The van der Waals surface area contributed by atoms with E-state index in [2.05, 4.69) is 20.9 Å². The van der Waals surface area contributed by atoms with Crippen molar-refractivity contribution in [3.05, 3.63) is 62.9 Å². The molecule has 0 aliphatic heterocycles. The van der Waals surface area contributed by atoms with Gasteiger partial charge in [-0.15, -0.1) is 0 Å². The van der Waals surface area contributed by atoms with Crippen LogP contribution in [0, 0.1) is 6.92 Å². The van der Waals surface area contributed by atoms with Crippen molar-refractivity contribution in [2.75, 3.05) is 0 Å². The lowest BCUT2D eigenvalue weighted by atomic mass is 10.1. The molecule has 0 fully saturated rings. The Labute approximate surface area is 162 Å². The van der Waals surface area contributed by atoms with Gasteiger partial charge in [0.05, 0.1) is 10.2 Å². The number of rotatable bonds is 4. The summed E-state index contributed by atoms with van der Waals surface area (Å²) in [5, 5.41) is 9.63. The number of nitrogens with zero attached hydrogens (tertiary/aromatic N) is 2. The van der Waals surface area contributed by atoms with Gasteiger partial charge in [-0.1, -0.05) is 42.0 Å². The molecule has 7 heteroatoms. The highest BCUT2D eigenvalue weighted by molar-refractivity contribution is 9.10. The molecule has 3 rings (SSSR count). The van der Waals surface area contributed by atoms with Gasteiger partial charge in [-0.3, -0.25) is 4.79 Å². The zero-order valence-electron chi connectivity index (χ0n) is 14.3. The van der Waals surface area contributed by atoms with E-state index in [4.69, 9.17) is 0 Å². The third kappa shape index (κ3) is 3.50. The van der Waals surface area contributed by atoms with Crippen molar-refractivity contribution < 1.29 is 14.7 Å². The van der Waals surface area contributed by atoms with Crippen LogP contribution in [0.15, 0.2) is 51.9 Å². The van der Waals surface area contributed by atoms with E-state index >= 15 is 0 Å². The number of carboxylic acid groups (broad SMARTS) is 1. The first-order valence-electron chi connectivity index (χ1n) is 8.10. The van der Waals surface area contributed by atoms with Gasteiger partial charge in [0, 0.05) is 10.0 Å².